The molecule has 1 amide bonds. The highest BCUT2D eigenvalue weighted by molar-refractivity contribution is 8.23. The number of para-hydroxylation sites is 1. The van der Waals surface area contributed by atoms with E-state index in [1.54, 1.807) is 0 Å². The van der Waals surface area contributed by atoms with Crippen molar-refractivity contribution >= 4 is 45.7 Å². The number of amides is 1. The van der Waals surface area contributed by atoms with Crippen molar-refractivity contribution in [2.45, 2.75) is 6.92 Å². The van der Waals surface area contributed by atoms with E-state index >= 15 is 0 Å². The Hall–Kier alpha value is -1.40. The van der Waals surface area contributed by atoms with Crippen LogP contribution < -0.4 is 10.4 Å². The third kappa shape index (κ3) is 3.04. The van der Waals surface area contributed by atoms with Crippen LogP contribution in [0, 0.1) is 0 Å². The Kier molecular flexibility index (Phi) is 3.75. The topological polar surface area (TPSA) is 44.7 Å². The summed E-state index contributed by atoms with van der Waals surface area (Å²) >= 11 is 6.44. The zero-order chi connectivity index (χ0) is 12.3. The number of amidine groups is 1. The summed E-state index contributed by atoms with van der Waals surface area (Å²) in [4.78, 5) is 15.7. The SMILES string of the molecule is CC(=O)N(NC1=NC(=S)SC1)c1ccccc1. The molecule has 6 heteroatoms. The Morgan fingerprint density at radius 1 is 1.47 bits per heavy atom. The lowest BCUT2D eigenvalue weighted by Gasteiger charge is -2.22. The zero-order valence-corrected chi connectivity index (χ0v) is 10.8. The molecule has 1 aliphatic heterocycles. The number of hydrogen-bond donors (Lipinski definition) is 1. The highest BCUT2D eigenvalue weighted by Crippen LogP contribution is 2.16. The van der Waals surface area contributed by atoms with E-state index in [0.717, 1.165) is 5.69 Å². The van der Waals surface area contributed by atoms with Crippen LogP contribution in [0.15, 0.2) is 35.3 Å². The Morgan fingerprint density at radius 3 is 2.71 bits per heavy atom. The Bertz CT molecular complexity index is 473. The van der Waals surface area contributed by atoms with Crippen molar-refractivity contribution in [3.05, 3.63) is 30.3 Å². The molecule has 0 fully saturated rings. The maximum absolute atomic E-state index is 11.6. The van der Waals surface area contributed by atoms with Crippen LogP contribution in [0.3, 0.4) is 0 Å². The number of anilines is 1. The third-order valence-electron chi connectivity index (χ3n) is 2.13. The predicted molar refractivity (Wildman–Crippen MR) is 75.2 cm³/mol. The summed E-state index contributed by atoms with van der Waals surface area (Å²) in [6.45, 7) is 1.50. The molecule has 0 saturated heterocycles. The van der Waals surface area contributed by atoms with Crippen molar-refractivity contribution in [1.29, 1.82) is 0 Å². The van der Waals surface area contributed by atoms with Gasteiger partial charge in [0.05, 0.1) is 11.4 Å². The van der Waals surface area contributed by atoms with Gasteiger partial charge in [-0.05, 0) is 12.1 Å². The lowest BCUT2D eigenvalue weighted by Crippen LogP contribution is -2.45. The normalized spacial score (nSPS) is 14.4. The summed E-state index contributed by atoms with van der Waals surface area (Å²) in [5.74, 6) is 1.29. The van der Waals surface area contributed by atoms with Crippen LogP contribution in [0.4, 0.5) is 5.69 Å². The number of thioether (sulfide) groups is 1. The molecule has 17 heavy (non-hydrogen) atoms. The number of thiocarbonyl (C=S) groups is 1. The highest BCUT2D eigenvalue weighted by atomic mass is 32.2. The van der Waals surface area contributed by atoms with Crippen LogP contribution in [0.1, 0.15) is 6.92 Å². The first-order chi connectivity index (χ1) is 8.16. The maximum Gasteiger partial charge on any atom is 0.242 e. The Morgan fingerprint density at radius 2 is 2.18 bits per heavy atom. The molecule has 0 atom stereocenters. The average molecular weight is 265 g/mol. The smallest absolute Gasteiger partial charge is 0.242 e. The number of rotatable bonds is 1. The Labute approximate surface area is 109 Å². The van der Waals surface area contributed by atoms with Gasteiger partial charge in [-0.15, -0.1) is 0 Å². The van der Waals surface area contributed by atoms with E-state index in [9.17, 15) is 4.79 Å². The fourth-order valence-corrected chi connectivity index (χ4v) is 2.24. The molecular formula is C11H11N3OS2. The number of hydrazine groups is 1. The molecule has 0 aromatic heterocycles. The van der Waals surface area contributed by atoms with Gasteiger partial charge in [0.1, 0.15) is 5.84 Å². The standard InChI is InChI=1S/C11H11N3OS2/c1-8(15)14(9-5-3-2-4-6-9)13-10-7-17-11(16)12-10/h2-6H,7H2,1H3,(H,12,13,16). The fourth-order valence-electron chi connectivity index (χ4n) is 1.39. The zero-order valence-electron chi connectivity index (χ0n) is 9.21. The summed E-state index contributed by atoms with van der Waals surface area (Å²) in [6.07, 6.45) is 0. The molecule has 0 unspecified atom stereocenters. The number of nitrogens with zero attached hydrogens (tertiary/aromatic N) is 2. The second-order valence-electron chi connectivity index (χ2n) is 3.41. The molecule has 2 rings (SSSR count). The molecule has 0 bridgehead atoms. The molecule has 0 spiro atoms. The number of aliphatic imine (C=N–C) groups is 1. The highest BCUT2D eigenvalue weighted by Gasteiger charge is 2.17. The van der Waals surface area contributed by atoms with Gasteiger partial charge in [-0.25, -0.2) is 10.0 Å². The largest absolute Gasteiger partial charge is 0.277 e. The van der Waals surface area contributed by atoms with Crippen LogP contribution in [0.2, 0.25) is 0 Å². The van der Waals surface area contributed by atoms with E-state index in [2.05, 4.69) is 10.4 Å². The molecule has 1 aromatic rings. The summed E-state index contributed by atoms with van der Waals surface area (Å²) < 4.78 is 0.601. The van der Waals surface area contributed by atoms with Crippen LogP contribution >= 0.6 is 24.0 Å². The second-order valence-corrected chi connectivity index (χ2v) is 5.02. The molecule has 1 aliphatic rings. The van der Waals surface area contributed by atoms with E-state index < -0.39 is 0 Å². The van der Waals surface area contributed by atoms with Crippen molar-refractivity contribution in [2.75, 3.05) is 10.8 Å². The van der Waals surface area contributed by atoms with Crippen LogP contribution in [-0.4, -0.2) is 21.8 Å². The van der Waals surface area contributed by atoms with Gasteiger partial charge in [-0.2, -0.15) is 0 Å². The van der Waals surface area contributed by atoms with Gasteiger partial charge < -0.3 is 0 Å². The quantitative estimate of drug-likeness (QED) is 0.623. The first-order valence-electron chi connectivity index (χ1n) is 5.03. The van der Waals surface area contributed by atoms with E-state index in [-0.39, 0.29) is 5.91 Å². The van der Waals surface area contributed by atoms with Crippen molar-refractivity contribution in [3.63, 3.8) is 0 Å². The maximum atomic E-state index is 11.6. The van der Waals surface area contributed by atoms with E-state index in [1.165, 1.54) is 23.7 Å². The molecule has 0 aliphatic carbocycles. The molecule has 4 nitrogen and oxygen atoms in total. The second kappa shape index (κ2) is 5.29. The van der Waals surface area contributed by atoms with Gasteiger partial charge in [0.2, 0.25) is 5.91 Å². The van der Waals surface area contributed by atoms with Gasteiger partial charge in [-0.1, -0.05) is 42.2 Å². The van der Waals surface area contributed by atoms with E-state index in [1.807, 2.05) is 30.3 Å². The number of hydrogen-bond acceptors (Lipinski definition) is 4. The molecule has 1 heterocycles. The number of nitrogens with one attached hydrogen (secondary N) is 1. The molecular weight excluding hydrogens is 254 g/mol. The Balaban J connectivity index is 2.17. The summed E-state index contributed by atoms with van der Waals surface area (Å²) in [6, 6.07) is 9.37. The predicted octanol–water partition coefficient (Wildman–Crippen LogP) is 1.97. The van der Waals surface area contributed by atoms with E-state index in [0.29, 0.717) is 15.9 Å². The fraction of sp³-hybridized carbons (Fsp3) is 0.182. The average Bonchev–Trinajstić information content (AvgIpc) is 2.73. The number of benzene rings is 1. The lowest BCUT2D eigenvalue weighted by atomic mass is 10.3. The molecule has 0 radical (unpaired) electrons. The van der Waals surface area contributed by atoms with E-state index in [4.69, 9.17) is 12.2 Å². The van der Waals surface area contributed by atoms with Crippen LogP contribution in [-0.2, 0) is 4.79 Å². The first-order valence-corrected chi connectivity index (χ1v) is 6.43. The number of carbonyl (C=O) groups excluding carboxylic acids is 1. The molecule has 88 valence electrons. The minimum Gasteiger partial charge on any atom is -0.277 e. The van der Waals surface area contributed by atoms with Crippen LogP contribution in [0.25, 0.3) is 0 Å². The lowest BCUT2D eigenvalue weighted by molar-refractivity contribution is -0.116. The first kappa shape index (κ1) is 12.1. The minimum atomic E-state index is -0.0956. The van der Waals surface area contributed by atoms with Crippen molar-refractivity contribution in [1.82, 2.24) is 5.43 Å². The van der Waals surface area contributed by atoms with Gasteiger partial charge in [0, 0.05) is 6.92 Å². The third-order valence-corrected chi connectivity index (χ3v) is 3.33. The molecule has 1 aromatic carbocycles. The van der Waals surface area contributed by atoms with Crippen molar-refractivity contribution in [2.24, 2.45) is 4.99 Å². The van der Waals surface area contributed by atoms with Gasteiger partial charge >= 0.3 is 0 Å². The number of carbonyl (C=O) groups is 1. The van der Waals surface area contributed by atoms with Gasteiger partial charge in [0.15, 0.2) is 4.32 Å². The monoisotopic (exact) mass is 265 g/mol. The summed E-state index contributed by atoms with van der Waals surface area (Å²) in [5, 5.41) is 1.47. The molecule has 0 saturated carbocycles. The van der Waals surface area contributed by atoms with Crippen molar-refractivity contribution < 1.29 is 4.79 Å². The van der Waals surface area contributed by atoms with Gasteiger partial charge in [0.25, 0.3) is 0 Å². The summed E-state index contributed by atoms with van der Waals surface area (Å²) in [5.41, 5.74) is 3.77. The molecule has 1 N–H and O–H groups in total. The van der Waals surface area contributed by atoms with Crippen LogP contribution in [0.5, 0.6) is 0 Å². The summed E-state index contributed by atoms with van der Waals surface area (Å²) in [7, 11) is 0. The van der Waals surface area contributed by atoms with Crippen molar-refractivity contribution in [3.8, 4) is 0 Å². The van der Waals surface area contributed by atoms with Gasteiger partial charge in [-0.3, -0.25) is 10.2 Å². The minimum absolute atomic E-state index is 0.0956.